The summed E-state index contributed by atoms with van der Waals surface area (Å²) >= 11 is 0. The number of rotatable bonds is 21. The number of aryl methyl sites for hydroxylation is 2. The molecule has 1 saturated carbocycles. The van der Waals surface area contributed by atoms with Crippen LogP contribution in [0, 0.1) is 43.4 Å². The Morgan fingerprint density at radius 2 is 0.736 bits per heavy atom. The first-order valence-corrected chi connectivity index (χ1v) is 31.5. The molecule has 14 nitrogen and oxygen atoms in total. The lowest BCUT2D eigenvalue weighted by atomic mass is 10.0. The molecule has 4 unspecified atom stereocenters. The zero-order valence-corrected chi connectivity index (χ0v) is 49.9. The Balaban J connectivity index is 0.000000229. The fourth-order valence-corrected chi connectivity index (χ4v) is 12.1. The average Bonchev–Trinajstić information content (AvgIpc) is 3.16. The molecule has 0 spiro atoms. The first-order chi connectivity index (χ1) is 41.8. The van der Waals surface area contributed by atoms with Crippen LogP contribution in [0.4, 0.5) is 0 Å². The number of aliphatic carboxylic acids is 2. The van der Waals surface area contributed by atoms with Gasteiger partial charge in [-0.05, 0) is 134 Å². The van der Waals surface area contributed by atoms with Crippen molar-refractivity contribution in [2.24, 2.45) is 5.92 Å². The maximum atomic E-state index is 13.5. The van der Waals surface area contributed by atoms with E-state index in [-0.39, 0.29) is 35.5 Å². The van der Waals surface area contributed by atoms with Gasteiger partial charge >= 0.3 is 11.9 Å². The normalized spacial score (nSPS) is 13.5. The van der Waals surface area contributed by atoms with E-state index in [4.69, 9.17) is 0 Å². The van der Waals surface area contributed by atoms with Gasteiger partial charge in [-0.1, -0.05) is 199 Å². The van der Waals surface area contributed by atoms with Crippen LogP contribution in [0.25, 0.3) is 11.1 Å². The Morgan fingerprint density at radius 1 is 0.414 bits per heavy atom. The summed E-state index contributed by atoms with van der Waals surface area (Å²) in [4.78, 5) is 51.2. The van der Waals surface area contributed by atoms with E-state index < -0.39 is 68.0 Å². The highest BCUT2D eigenvalue weighted by Gasteiger charge is 2.32. The number of carboxylic acid groups (broad SMARTS) is 2. The second-order valence-corrected chi connectivity index (χ2v) is 24.8. The SMILES string of the molecule is Cc1ccc(S(=O)(=O)NC(Cc2ccccc2)C(=O)NC(Cc2ccc(C#CC3CCCC3)cc2)C(=O)O)cc1.Cc1ccc(S(=O)(=O)NC(Cc2ccccc2)C(=O)NC(Cc2ccc(C#Cc3ccc(-c4ccccc4)cc3)cc2)C(=O)O)cc1. The third-order valence-corrected chi connectivity index (χ3v) is 17.6. The first-order valence-electron chi connectivity index (χ1n) is 28.5. The van der Waals surface area contributed by atoms with E-state index in [9.17, 15) is 46.2 Å². The lowest BCUT2D eigenvalue weighted by molar-refractivity contribution is -0.142. The van der Waals surface area contributed by atoms with Gasteiger partial charge in [-0.15, -0.1) is 0 Å². The molecule has 9 rings (SSSR count). The second-order valence-electron chi connectivity index (χ2n) is 21.4. The number of carbonyl (C=O) groups is 4. The van der Waals surface area contributed by atoms with Crippen LogP contribution in [-0.2, 0) is 64.9 Å². The quantitative estimate of drug-likeness (QED) is 0.0373. The van der Waals surface area contributed by atoms with Gasteiger partial charge in [0.15, 0.2) is 0 Å². The van der Waals surface area contributed by atoms with Gasteiger partial charge in [0.1, 0.15) is 24.2 Å². The van der Waals surface area contributed by atoms with Crippen molar-refractivity contribution < 1.29 is 46.2 Å². The van der Waals surface area contributed by atoms with E-state index in [1.54, 1.807) is 97.1 Å². The smallest absolute Gasteiger partial charge is 0.326 e. The zero-order chi connectivity index (χ0) is 61.8. The van der Waals surface area contributed by atoms with Crippen molar-refractivity contribution in [3.05, 3.63) is 262 Å². The van der Waals surface area contributed by atoms with Crippen molar-refractivity contribution in [1.82, 2.24) is 20.1 Å². The topological polar surface area (TPSA) is 225 Å². The predicted octanol–water partition coefficient (Wildman–Crippen LogP) is 10.0. The van der Waals surface area contributed by atoms with Crippen molar-refractivity contribution >= 4 is 43.8 Å². The van der Waals surface area contributed by atoms with Gasteiger partial charge < -0.3 is 20.8 Å². The minimum Gasteiger partial charge on any atom is -0.480 e. The molecule has 87 heavy (non-hydrogen) atoms. The lowest BCUT2D eigenvalue weighted by Crippen LogP contribution is -2.53. The van der Waals surface area contributed by atoms with Crippen LogP contribution in [0.1, 0.15) is 75.8 Å². The molecule has 0 radical (unpaired) electrons. The average molecular weight is 1200 g/mol. The molecular weight excluding hydrogens is 1130 g/mol. The van der Waals surface area contributed by atoms with Crippen molar-refractivity contribution in [3.8, 4) is 34.8 Å². The van der Waals surface area contributed by atoms with E-state index in [1.807, 2.05) is 92.7 Å². The largest absolute Gasteiger partial charge is 0.480 e. The molecule has 4 atom stereocenters. The summed E-state index contributed by atoms with van der Waals surface area (Å²) < 4.78 is 57.6. The summed E-state index contributed by atoms with van der Waals surface area (Å²) in [6, 6.07) is 58.0. The molecule has 0 aliphatic heterocycles. The fourth-order valence-electron chi connectivity index (χ4n) is 9.66. The lowest BCUT2D eigenvalue weighted by Gasteiger charge is -2.22. The van der Waals surface area contributed by atoms with E-state index in [0.717, 1.165) is 68.5 Å². The summed E-state index contributed by atoms with van der Waals surface area (Å²) in [5.74, 6) is 9.33. The number of carbonyl (C=O) groups excluding carboxylic acids is 2. The monoisotopic (exact) mass is 1200 g/mol. The minimum atomic E-state index is -4.07. The highest BCUT2D eigenvalue weighted by Crippen LogP contribution is 2.24. The Kier molecular flexibility index (Phi) is 22.4. The highest BCUT2D eigenvalue weighted by molar-refractivity contribution is 7.89. The summed E-state index contributed by atoms with van der Waals surface area (Å²) in [6.07, 6.45) is 4.85. The number of benzene rings is 8. The summed E-state index contributed by atoms with van der Waals surface area (Å²) in [7, 11) is -8.12. The van der Waals surface area contributed by atoms with Crippen molar-refractivity contribution in [2.45, 2.75) is 99.2 Å². The van der Waals surface area contributed by atoms with Crippen molar-refractivity contribution in [2.75, 3.05) is 0 Å². The molecule has 444 valence electrons. The maximum Gasteiger partial charge on any atom is 0.326 e. The highest BCUT2D eigenvalue weighted by atomic mass is 32.2. The number of hydrogen-bond acceptors (Lipinski definition) is 8. The summed E-state index contributed by atoms with van der Waals surface area (Å²) in [6.45, 7) is 3.69. The molecular formula is C71H68N4O10S2. The molecule has 1 fully saturated rings. The number of hydrogen-bond donors (Lipinski definition) is 6. The summed E-state index contributed by atoms with van der Waals surface area (Å²) in [5.41, 5.74) is 9.36. The Hall–Kier alpha value is -9.42. The summed E-state index contributed by atoms with van der Waals surface area (Å²) in [5, 5.41) is 25.0. The van der Waals surface area contributed by atoms with Crippen LogP contribution in [0.15, 0.2) is 222 Å². The predicted molar refractivity (Wildman–Crippen MR) is 337 cm³/mol. The number of carboxylic acids is 2. The van der Waals surface area contributed by atoms with Gasteiger partial charge in [0.05, 0.1) is 9.79 Å². The van der Waals surface area contributed by atoms with Crippen molar-refractivity contribution in [3.63, 3.8) is 0 Å². The van der Waals surface area contributed by atoms with Crippen LogP contribution in [0.2, 0.25) is 0 Å². The number of nitrogens with one attached hydrogen (secondary N) is 4. The zero-order valence-electron chi connectivity index (χ0n) is 48.2. The standard InChI is InChI=1S/C39H34N2O5S.C32H34N2O5S/c1-28-12-24-35(25-13-28)47(45,46)41-36(26-31-8-4-2-5-9-31)38(42)40-37(39(43)44)27-32-18-16-29(17-19-32)14-15-30-20-22-34(23-21-30)33-10-6-3-7-11-33;1-23-11-19-28(20-12-23)40(38,39)34-29(21-26-9-3-2-4-10-26)31(35)33-30(32(36)37)22-27-17-15-25(16-18-27)14-13-24-7-5-6-8-24/h2-13,16-25,36-37,41H,26-27H2,1H3,(H,40,42)(H,43,44);2-4,9-12,15-20,24,29-30,34H,5-8,21-22H2,1H3,(H,33,35)(H,36,37). The number of sulfonamides is 2. The molecule has 1 aliphatic carbocycles. The molecule has 1 aliphatic rings. The van der Waals surface area contributed by atoms with Gasteiger partial charge in [0.2, 0.25) is 31.9 Å². The third kappa shape index (κ3) is 19.6. The second kappa shape index (κ2) is 30.6. The van der Waals surface area contributed by atoms with Gasteiger partial charge in [-0.3, -0.25) is 9.59 Å². The van der Waals surface area contributed by atoms with Crippen LogP contribution in [0.5, 0.6) is 0 Å². The van der Waals surface area contributed by atoms with Gasteiger partial charge in [-0.25, -0.2) is 26.4 Å². The van der Waals surface area contributed by atoms with E-state index in [0.29, 0.717) is 11.5 Å². The first kappa shape index (κ1) is 63.6. The Bertz CT molecular complexity index is 3970. The maximum absolute atomic E-state index is 13.5. The van der Waals surface area contributed by atoms with Crippen LogP contribution < -0.4 is 20.1 Å². The minimum absolute atomic E-state index is 0.00149. The Labute approximate surface area is 509 Å². The van der Waals surface area contributed by atoms with E-state index in [1.165, 1.54) is 37.1 Å². The molecule has 2 amide bonds. The van der Waals surface area contributed by atoms with E-state index in [2.05, 4.69) is 55.9 Å². The molecule has 0 heterocycles. The fraction of sp³-hybridized carbons (Fsp3) is 0.211. The van der Waals surface area contributed by atoms with E-state index >= 15 is 0 Å². The molecule has 0 saturated heterocycles. The molecule has 6 N–H and O–H groups in total. The molecule has 0 bridgehead atoms. The van der Waals surface area contributed by atoms with Crippen LogP contribution in [0.3, 0.4) is 0 Å². The van der Waals surface area contributed by atoms with Crippen LogP contribution >= 0.6 is 0 Å². The van der Waals surface area contributed by atoms with Crippen molar-refractivity contribution in [1.29, 1.82) is 0 Å². The molecule has 16 heteroatoms. The van der Waals surface area contributed by atoms with Gasteiger partial charge in [0, 0.05) is 35.4 Å². The molecule has 0 aromatic heterocycles. The van der Waals surface area contributed by atoms with Crippen LogP contribution in [-0.4, -0.2) is 75.0 Å². The molecule has 8 aromatic rings. The van der Waals surface area contributed by atoms with Gasteiger partial charge in [-0.2, -0.15) is 9.44 Å². The van der Waals surface area contributed by atoms with Gasteiger partial charge in [0.25, 0.3) is 0 Å². The molecule has 8 aromatic carbocycles. The number of amides is 2. The Morgan fingerprint density at radius 3 is 1.11 bits per heavy atom. The third-order valence-electron chi connectivity index (χ3n) is 14.6.